The summed E-state index contributed by atoms with van der Waals surface area (Å²) in [7, 11) is 1.72. The number of halogens is 2. The van der Waals surface area contributed by atoms with Gasteiger partial charge < -0.3 is 15.1 Å². The highest BCUT2D eigenvalue weighted by Crippen LogP contribution is 2.24. The van der Waals surface area contributed by atoms with Crippen molar-refractivity contribution >= 4 is 29.9 Å². The van der Waals surface area contributed by atoms with E-state index in [-0.39, 0.29) is 35.8 Å². The highest BCUT2D eigenvalue weighted by Gasteiger charge is 2.24. The van der Waals surface area contributed by atoms with Crippen LogP contribution in [0.4, 0.5) is 4.39 Å². The van der Waals surface area contributed by atoms with Crippen LogP contribution >= 0.6 is 24.0 Å². The molecule has 1 aromatic heterocycles. The van der Waals surface area contributed by atoms with Gasteiger partial charge in [-0.25, -0.2) is 4.39 Å². The number of benzene rings is 1. The monoisotopic (exact) mass is 486 g/mol. The van der Waals surface area contributed by atoms with E-state index in [1.807, 2.05) is 18.2 Å². The third-order valence-electron chi connectivity index (χ3n) is 4.79. The molecule has 3 rings (SSSR count). The lowest BCUT2D eigenvalue weighted by molar-refractivity contribution is 0.146. The second kappa shape index (κ2) is 11.3. The standard InChI is InChI=1S/C20H27FN4O.HI/c1-22-20(23-14-16-8-3-4-9-17(16)21)24-15-18(19-10-7-13-26-19)25-11-5-2-6-12-25;/h3-4,7-10,13,18H,2,5-6,11-12,14-15H2,1H3,(H2,22,23,24);1H. The molecule has 1 atom stereocenters. The average Bonchev–Trinajstić information content (AvgIpc) is 3.21. The van der Waals surface area contributed by atoms with Crippen LogP contribution in [0.25, 0.3) is 0 Å². The van der Waals surface area contributed by atoms with Crippen LogP contribution in [0.1, 0.15) is 36.6 Å². The first kappa shape index (κ1) is 21.7. The van der Waals surface area contributed by atoms with Crippen molar-refractivity contribution in [1.82, 2.24) is 15.5 Å². The molecule has 0 saturated carbocycles. The van der Waals surface area contributed by atoms with Gasteiger partial charge in [-0.1, -0.05) is 24.6 Å². The minimum Gasteiger partial charge on any atom is -0.468 e. The number of aliphatic imine (C=N–C) groups is 1. The van der Waals surface area contributed by atoms with E-state index in [0.717, 1.165) is 18.8 Å². The van der Waals surface area contributed by atoms with E-state index in [2.05, 4.69) is 20.5 Å². The molecule has 2 N–H and O–H groups in total. The normalized spacial score (nSPS) is 16.4. The molecule has 0 spiro atoms. The third kappa shape index (κ3) is 6.21. The van der Waals surface area contributed by atoms with Crippen LogP contribution in [0.5, 0.6) is 0 Å². The smallest absolute Gasteiger partial charge is 0.191 e. The Labute approximate surface area is 177 Å². The van der Waals surface area contributed by atoms with E-state index in [9.17, 15) is 4.39 Å². The number of guanidine groups is 1. The van der Waals surface area contributed by atoms with E-state index < -0.39 is 0 Å². The maximum atomic E-state index is 13.8. The summed E-state index contributed by atoms with van der Waals surface area (Å²) in [5.41, 5.74) is 0.620. The van der Waals surface area contributed by atoms with E-state index in [1.165, 1.54) is 25.3 Å². The fourth-order valence-electron chi connectivity index (χ4n) is 3.36. The zero-order valence-electron chi connectivity index (χ0n) is 15.7. The van der Waals surface area contributed by atoms with Crippen LogP contribution < -0.4 is 10.6 Å². The van der Waals surface area contributed by atoms with Gasteiger partial charge in [-0.05, 0) is 44.1 Å². The Bertz CT molecular complexity index is 702. The summed E-state index contributed by atoms with van der Waals surface area (Å²) in [4.78, 5) is 6.71. The largest absolute Gasteiger partial charge is 0.468 e. The second-order valence-electron chi connectivity index (χ2n) is 6.53. The van der Waals surface area contributed by atoms with Gasteiger partial charge in [0, 0.05) is 25.7 Å². The number of hydrogen-bond acceptors (Lipinski definition) is 3. The van der Waals surface area contributed by atoms with Crippen molar-refractivity contribution in [3.05, 3.63) is 59.8 Å². The van der Waals surface area contributed by atoms with Crippen molar-refractivity contribution in [1.29, 1.82) is 0 Å². The van der Waals surface area contributed by atoms with Crippen molar-refractivity contribution in [2.75, 3.05) is 26.7 Å². The predicted octanol–water partition coefficient (Wildman–Crippen LogP) is 3.93. The van der Waals surface area contributed by atoms with Gasteiger partial charge in [0.25, 0.3) is 0 Å². The number of furan rings is 1. The lowest BCUT2D eigenvalue weighted by atomic mass is 10.1. The summed E-state index contributed by atoms with van der Waals surface area (Å²) in [5, 5.41) is 6.54. The SMILES string of the molecule is CN=C(NCc1ccccc1F)NCC(c1ccco1)N1CCCCC1.I. The van der Waals surface area contributed by atoms with Gasteiger partial charge in [-0.2, -0.15) is 0 Å². The minimum absolute atomic E-state index is 0. The topological polar surface area (TPSA) is 52.8 Å². The molecule has 1 aliphatic heterocycles. The summed E-state index contributed by atoms with van der Waals surface area (Å²) in [6, 6.07) is 10.9. The highest BCUT2D eigenvalue weighted by molar-refractivity contribution is 14.0. The molecule has 0 amide bonds. The zero-order valence-corrected chi connectivity index (χ0v) is 18.0. The van der Waals surface area contributed by atoms with Crippen LogP contribution in [0.15, 0.2) is 52.1 Å². The van der Waals surface area contributed by atoms with Crippen molar-refractivity contribution in [2.24, 2.45) is 4.99 Å². The first-order chi connectivity index (χ1) is 12.8. The molecular formula is C20H28FIN4O. The van der Waals surface area contributed by atoms with Gasteiger partial charge >= 0.3 is 0 Å². The third-order valence-corrected chi connectivity index (χ3v) is 4.79. The van der Waals surface area contributed by atoms with E-state index >= 15 is 0 Å². The Hall–Kier alpha value is -1.61. The average molecular weight is 486 g/mol. The Kier molecular flexibility index (Phi) is 9.06. The predicted molar refractivity (Wildman–Crippen MR) is 117 cm³/mol. The summed E-state index contributed by atoms with van der Waals surface area (Å²) in [5.74, 6) is 1.41. The number of rotatable bonds is 6. The lowest BCUT2D eigenvalue weighted by Gasteiger charge is -2.33. The molecule has 7 heteroatoms. The van der Waals surface area contributed by atoms with E-state index in [1.54, 1.807) is 25.4 Å². The van der Waals surface area contributed by atoms with Crippen molar-refractivity contribution in [3.8, 4) is 0 Å². The molecule has 0 radical (unpaired) electrons. The van der Waals surface area contributed by atoms with Gasteiger partial charge in [0.05, 0.1) is 12.3 Å². The highest BCUT2D eigenvalue weighted by atomic mass is 127. The van der Waals surface area contributed by atoms with Gasteiger partial charge in [-0.3, -0.25) is 9.89 Å². The molecule has 1 saturated heterocycles. The van der Waals surface area contributed by atoms with E-state index in [0.29, 0.717) is 24.6 Å². The Morgan fingerprint density at radius 3 is 2.59 bits per heavy atom. The minimum atomic E-state index is -0.211. The van der Waals surface area contributed by atoms with Crippen LogP contribution in [0.3, 0.4) is 0 Å². The second-order valence-corrected chi connectivity index (χ2v) is 6.53. The molecule has 27 heavy (non-hydrogen) atoms. The molecule has 2 heterocycles. The molecule has 1 fully saturated rings. The Balaban J connectivity index is 0.00000261. The summed E-state index contributed by atoms with van der Waals surface area (Å²) in [6.07, 6.45) is 5.45. The van der Waals surface area contributed by atoms with Gasteiger partial charge in [0.2, 0.25) is 0 Å². The summed E-state index contributed by atoms with van der Waals surface area (Å²) >= 11 is 0. The maximum Gasteiger partial charge on any atom is 0.191 e. The summed E-state index contributed by atoms with van der Waals surface area (Å²) < 4.78 is 19.4. The van der Waals surface area contributed by atoms with Crippen LogP contribution in [0, 0.1) is 5.82 Å². The van der Waals surface area contributed by atoms with Crippen LogP contribution in [-0.4, -0.2) is 37.5 Å². The quantitative estimate of drug-likeness (QED) is 0.369. The first-order valence-electron chi connectivity index (χ1n) is 9.23. The van der Waals surface area contributed by atoms with Crippen LogP contribution in [-0.2, 0) is 6.54 Å². The first-order valence-corrected chi connectivity index (χ1v) is 9.23. The molecule has 1 aliphatic rings. The number of likely N-dealkylation sites (tertiary alicyclic amines) is 1. The molecule has 0 aliphatic carbocycles. The number of nitrogens with zero attached hydrogens (tertiary/aromatic N) is 2. The molecule has 1 aromatic carbocycles. The van der Waals surface area contributed by atoms with E-state index in [4.69, 9.17) is 4.42 Å². The van der Waals surface area contributed by atoms with Crippen molar-refractivity contribution in [3.63, 3.8) is 0 Å². The Morgan fingerprint density at radius 2 is 1.93 bits per heavy atom. The molecule has 0 bridgehead atoms. The van der Waals surface area contributed by atoms with Gasteiger partial charge in [0.1, 0.15) is 11.6 Å². The number of hydrogen-bond donors (Lipinski definition) is 2. The van der Waals surface area contributed by atoms with Crippen molar-refractivity contribution < 1.29 is 8.81 Å². The summed E-state index contributed by atoms with van der Waals surface area (Å²) in [6.45, 7) is 3.23. The maximum absolute atomic E-state index is 13.8. The fraction of sp³-hybridized carbons (Fsp3) is 0.450. The zero-order chi connectivity index (χ0) is 18.2. The fourth-order valence-corrected chi connectivity index (χ4v) is 3.36. The van der Waals surface area contributed by atoms with Crippen LogP contribution in [0.2, 0.25) is 0 Å². The molecule has 1 unspecified atom stereocenters. The number of nitrogens with one attached hydrogen (secondary N) is 2. The van der Waals surface area contributed by atoms with Crippen molar-refractivity contribution in [2.45, 2.75) is 31.8 Å². The Morgan fingerprint density at radius 1 is 1.15 bits per heavy atom. The number of piperidine rings is 1. The molecule has 2 aromatic rings. The van der Waals surface area contributed by atoms with Gasteiger partial charge in [0.15, 0.2) is 5.96 Å². The molecule has 5 nitrogen and oxygen atoms in total. The van der Waals surface area contributed by atoms with Gasteiger partial charge in [-0.15, -0.1) is 24.0 Å². The molecular weight excluding hydrogens is 458 g/mol. The molecule has 148 valence electrons. The lowest BCUT2D eigenvalue weighted by Crippen LogP contribution is -2.44.